The van der Waals surface area contributed by atoms with Crippen molar-refractivity contribution in [2.45, 2.75) is 31.9 Å². The molecule has 0 radical (unpaired) electrons. The number of rotatable bonds is 5. The summed E-state index contributed by atoms with van der Waals surface area (Å²) >= 11 is 0. The van der Waals surface area contributed by atoms with Gasteiger partial charge in [0.15, 0.2) is 0 Å². The van der Waals surface area contributed by atoms with E-state index in [4.69, 9.17) is 4.42 Å². The van der Waals surface area contributed by atoms with E-state index in [0.29, 0.717) is 5.76 Å². The molecule has 1 atom stereocenters. The second kappa shape index (κ2) is 7.95. The predicted molar refractivity (Wildman–Crippen MR) is 83.9 cm³/mol. The van der Waals surface area contributed by atoms with Gasteiger partial charge >= 0.3 is 12.4 Å². The molecule has 2 N–H and O–H groups in total. The summed E-state index contributed by atoms with van der Waals surface area (Å²) < 4.78 is 82.1. The lowest BCUT2D eigenvalue weighted by atomic mass is 10.0. The van der Waals surface area contributed by atoms with Crippen LogP contribution in [0.1, 0.15) is 34.2 Å². The fourth-order valence-corrected chi connectivity index (χ4v) is 2.17. The fourth-order valence-electron chi connectivity index (χ4n) is 2.17. The maximum atomic E-state index is 12.9. The maximum absolute atomic E-state index is 12.9. The summed E-state index contributed by atoms with van der Waals surface area (Å²) in [5.41, 5.74) is -4.11. The minimum atomic E-state index is -5.08. The monoisotopic (exact) mass is 408 g/mol. The van der Waals surface area contributed by atoms with Crippen molar-refractivity contribution in [2.75, 3.05) is 0 Å². The van der Waals surface area contributed by atoms with Gasteiger partial charge in [0.25, 0.3) is 5.91 Å². The number of halogens is 6. The van der Waals surface area contributed by atoms with Gasteiger partial charge in [0.1, 0.15) is 11.8 Å². The molecular formula is C17H14F6N2O3. The highest BCUT2D eigenvalue weighted by molar-refractivity contribution is 5.97. The Morgan fingerprint density at radius 2 is 1.61 bits per heavy atom. The van der Waals surface area contributed by atoms with Gasteiger partial charge in [-0.25, -0.2) is 0 Å². The average Bonchev–Trinajstić information content (AvgIpc) is 3.11. The first-order valence-electron chi connectivity index (χ1n) is 7.78. The van der Waals surface area contributed by atoms with Gasteiger partial charge in [0.05, 0.1) is 23.9 Å². The highest BCUT2D eigenvalue weighted by Gasteiger charge is 2.37. The van der Waals surface area contributed by atoms with Gasteiger partial charge in [-0.2, -0.15) is 26.3 Å². The molecule has 28 heavy (non-hydrogen) atoms. The van der Waals surface area contributed by atoms with Gasteiger partial charge in [0, 0.05) is 5.56 Å². The van der Waals surface area contributed by atoms with Gasteiger partial charge < -0.3 is 15.1 Å². The maximum Gasteiger partial charge on any atom is 0.416 e. The minimum Gasteiger partial charge on any atom is -0.467 e. The molecule has 0 fully saturated rings. The van der Waals surface area contributed by atoms with Crippen LogP contribution in [-0.2, 0) is 23.7 Å². The number of hydrogen-bond donors (Lipinski definition) is 2. The Morgan fingerprint density at radius 3 is 2.07 bits per heavy atom. The van der Waals surface area contributed by atoms with E-state index in [1.165, 1.54) is 13.2 Å². The summed E-state index contributed by atoms with van der Waals surface area (Å²) in [6.45, 7) is 1.22. The third-order valence-corrected chi connectivity index (χ3v) is 3.61. The number of furan rings is 1. The van der Waals surface area contributed by atoms with Crippen LogP contribution in [0.3, 0.4) is 0 Å². The molecule has 1 heterocycles. The van der Waals surface area contributed by atoms with Crippen LogP contribution in [0.2, 0.25) is 0 Å². The van der Waals surface area contributed by atoms with E-state index >= 15 is 0 Å². The second-order valence-corrected chi connectivity index (χ2v) is 5.79. The summed E-state index contributed by atoms with van der Waals surface area (Å²) in [5.74, 6) is -1.54. The summed E-state index contributed by atoms with van der Waals surface area (Å²) in [6.07, 6.45) is -8.79. The Kier molecular flexibility index (Phi) is 6.05. The molecule has 0 aliphatic heterocycles. The molecule has 11 heteroatoms. The smallest absolute Gasteiger partial charge is 0.416 e. The molecule has 1 unspecified atom stereocenters. The lowest BCUT2D eigenvalue weighted by Gasteiger charge is -2.16. The first-order valence-corrected chi connectivity index (χ1v) is 7.78. The number of hydrogen-bond acceptors (Lipinski definition) is 3. The van der Waals surface area contributed by atoms with Gasteiger partial charge in [-0.05, 0) is 37.3 Å². The van der Waals surface area contributed by atoms with Gasteiger partial charge in [-0.1, -0.05) is 0 Å². The second-order valence-electron chi connectivity index (χ2n) is 5.79. The topological polar surface area (TPSA) is 71.3 Å². The molecule has 0 bridgehead atoms. The standard InChI is InChI=1S/C17H14F6N2O3/c1-9(14(26)24-8-13-3-2-4-28-13)25-15(27)10-5-11(16(18,19)20)7-12(6-10)17(21,22)23/h2-7,9H,8H2,1H3,(H,24,26)(H,25,27). The van der Waals surface area contributed by atoms with Crippen LogP contribution in [0.4, 0.5) is 26.3 Å². The van der Waals surface area contributed by atoms with E-state index < -0.39 is 46.9 Å². The molecule has 2 rings (SSSR count). The van der Waals surface area contributed by atoms with Crippen molar-refractivity contribution in [2.24, 2.45) is 0 Å². The SMILES string of the molecule is CC(NC(=O)c1cc(C(F)(F)F)cc(C(F)(F)F)c1)C(=O)NCc1ccco1. The van der Waals surface area contributed by atoms with Gasteiger partial charge in [-0.15, -0.1) is 0 Å². The molecule has 2 amide bonds. The number of nitrogens with one attached hydrogen (secondary N) is 2. The van der Waals surface area contributed by atoms with Crippen LogP contribution in [-0.4, -0.2) is 17.9 Å². The number of carbonyl (C=O) groups excluding carboxylic acids is 2. The summed E-state index contributed by atoms with van der Waals surface area (Å²) in [7, 11) is 0. The van der Waals surface area contributed by atoms with Gasteiger partial charge in [-0.3, -0.25) is 9.59 Å². The largest absolute Gasteiger partial charge is 0.467 e. The first-order chi connectivity index (χ1) is 12.9. The van der Waals surface area contributed by atoms with Crippen LogP contribution >= 0.6 is 0 Å². The van der Waals surface area contributed by atoms with Crippen molar-refractivity contribution in [3.63, 3.8) is 0 Å². The highest BCUT2D eigenvalue weighted by Crippen LogP contribution is 2.36. The molecule has 2 aromatic rings. The van der Waals surface area contributed by atoms with Crippen molar-refractivity contribution < 1.29 is 40.3 Å². The Balaban J connectivity index is 2.14. The van der Waals surface area contributed by atoms with E-state index in [-0.39, 0.29) is 24.7 Å². The third-order valence-electron chi connectivity index (χ3n) is 3.61. The van der Waals surface area contributed by atoms with Crippen molar-refractivity contribution in [1.82, 2.24) is 10.6 Å². The van der Waals surface area contributed by atoms with Crippen LogP contribution in [0.5, 0.6) is 0 Å². The van der Waals surface area contributed by atoms with Crippen molar-refractivity contribution in [3.8, 4) is 0 Å². The average molecular weight is 408 g/mol. The quantitative estimate of drug-likeness (QED) is 0.741. The predicted octanol–water partition coefficient (Wildman–Crippen LogP) is 3.75. The number of amides is 2. The van der Waals surface area contributed by atoms with Gasteiger partial charge in [0.2, 0.25) is 5.91 Å². The first kappa shape index (κ1) is 21.3. The van der Waals surface area contributed by atoms with E-state index in [9.17, 15) is 35.9 Å². The van der Waals surface area contributed by atoms with Crippen LogP contribution in [0, 0.1) is 0 Å². The molecule has 0 aliphatic rings. The highest BCUT2D eigenvalue weighted by atomic mass is 19.4. The molecule has 0 aliphatic carbocycles. The van der Waals surface area contributed by atoms with Crippen molar-refractivity contribution in [1.29, 1.82) is 0 Å². The Morgan fingerprint density at radius 1 is 1.04 bits per heavy atom. The molecule has 0 saturated carbocycles. The lowest BCUT2D eigenvalue weighted by molar-refractivity contribution is -0.143. The Labute approximate surface area is 154 Å². The zero-order chi connectivity index (χ0) is 21.1. The number of carbonyl (C=O) groups is 2. The fraction of sp³-hybridized carbons (Fsp3) is 0.294. The molecule has 1 aromatic heterocycles. The molecule has 1 aromatic carbocycles. The summed E-state index contributed by atoms with van der Waals surface area (Å²) in [6, 6.07) is 2.43. The van der Waals surface area contributed by atoms with E-state index in [2.05, 4.69) is 10.6 Å². The van der Waals surface area contributed by atoms with Crippen LogP contribution in [0.15, 0.2) is 41.0 Å². The molecule has 152 valence electrons. The van der Waals surface area contributed by atoms with E-state index in [1.54, 1.807) is 12.1 Å². The van der Waals surface area contributed by atoms with E-state index in [0.717, 1.165) is 0 Å². The minimum absolute atomic E-state index is 0.00613. The summed E-state index contributed by atoms with van der Waals surface area (Å²) in [5, 5.41) is 4.47. The third kappa shape index (κ3) is 5.51. The molecule has 0 spiro atoms. The lowest BCUT2D eigenvalue weighted by Crippen LogP contribution is -2.44. The zero-order valence-corrected chi connectivity index (χ0v) is 14.2. The number of alkyl halides is 6. The normalized spacial score (nSPS) is 13.1. The number of benzene rings is 1. The zero-order valence-electron chi connectivity index (χ0n) is 14.2. The van der Waals surface area contributed by atoms with E-state index in [1.807, 2.05) is 0 Å². The van der Waals surface area contributed by atoms with Crippen molar-refractivity contribution in [3.05, 3.63) is 59.0 Å². The van der Waals surface area contributed by atoms with Crippen LogP contribution < -0.4 is 10.6 Å². The Bertz CT molecular complexity index is 811. The van der Waals surface area contributed by atoms with Crippen LogP contribution in [0.25, 0.3) is 0 Å². The Hall–Kier alpha value is -2.98. The van der Waals surface area contributed by atoms with Crippen molar-refractivity contribution >= 4 is 11.8 Å². The molecule has 0 saturated heterocycles. The molecular weight excluding hydrogens is 394 g/mol. The molecule has 5 nitrogen and oxygen atoms in total. The summed E-state index contributed by atoms with van der Waals surface area (Å²) in [4.78, 5) is 24.0.